The topological polar surface area (TPSA) is 56.0 Å². The zero-order chi connectivity index (χ0) is 13.0. The van der Waals surface area contributed by atoms with Crippen LogP contribution in [-0.2, 0) is 16.6 Å². The Balaban J connectivity index is 2.37. The van der Waals surface area contributed by atoms with Crippen molar-refractivity contribution in [3.8, 4) is 0 Å². The summed E-state index contributed by atoms with van der Waals surface area (Å²) in [6, 6.07) is 13.6. The highest BCUT2D eigenvalue weighted by atomic mass is 16.1. The van der Waals surface area contributed by atoms with Crippen molar-refractivity contribution in [3.63, 3.8) is 0 Å². The first-order valence-corrected chi connectivity index (χ1v) is 5.87. The van der Waals surface area contributed by atoms with Crippen LogP contribution in [0.4, 0.5) is 0 Å². The molecule has 0 aliphatic heterocycles. The van der Waals surface area contributed by atoms with Gasteiger partial charge in [0.15, 0.2) is 0 Å². The number of hydrogen-bond acceptors (Lipinski definition) is 2. The summed E-state index contributed by atoms with van der Waals surface area (Å²) in [7, 11) is 0. The van der Waals surface area contributed by atoms with E-state index >= 15 is 0 Å². The van der Waals surface area contributed by atoms with Crippen LogP contribution in [0, 0.1) is 0 Å². The Hall–Kier alpha value is -2.16. The van der Waals surface area contributed by atoms with Gasteiger partial charge in [0.05, 0.1) is 5.41 Å². The lowest BCUT2D eigenvalue weighted by Crippen LogP contribution is -2.40. The number of primary amides is 1. The minimum atomic E-state index is -0.704. The Bertz CT molecular complexity index is 525. The average molecular weight is 240 g/mol. The van der Waals surface area contributed by atoms with Crippen LogP contribution >= 0.6 is 0 Å². The summed E-state index contributed by atoms with van der Waals surface area (Å²) in [6.45, 7) is 1.87. The van der Waals surface area contributed by atoms with Crippen LogP contribution in [0.15, 0.2) is 54.9 Å². The Kier molecular flexibility index (Phi) is 3.42. The number of pyridine rings is 1. The largest absolute Gasteiger partial charge is 0.369 e. The Morgan fingerprint density at radius 2 is 1.78 bits per heavy atom. The third-order valence-corrected chi connectivity index (χ3v) is 3.26. The smallest absolute Gasteiger partial charge is 0.228 e. The molecule has 1 atom stereocenters. The molecule has 2 N–H and O–H groups in total. The third kappa shape index (κ3) is 2.40. The van der Waals surface area contributed by atoms with Gasteiger partial charge in [0.25, 0.3) is 0 Å². The maximum absolute atomic E-state index is 11.8. The molecule has 1 amide bonds. The molecule has 0 bridgehead atoms. The molecule has 0 aliphatic rings. The molecule has 3 heteroatoms. The predicted molar refractivity (Wildman–Crippen MR) is 70.9 cm³/mol. The monoisotopic (exact) mass is 240 g/mol. The molecule has 0 spiro atoms. The first-order valence-electron chi connectivity index (χ1n) is 5.87. The van der Waals surface area contributed by atoms with Gasteiger partial charge in [-0.2, -0.15) is 0 Å². The third-order valence-electron chi connectivity index (χ3n) is 3.26. The Labute approximate surface area is 107 Å². The molecule has 0 saturated heterocycles. The van der Waals surface area contributed by atoms with Crippen molar-refractivity contribution in [2.75, 3.05) is 0 Å². The second kappa shape index (κ2) is 5.00. The number of carbonyl (C=O) groups excluding carboxylic acids is 1. The summed E-state index contributed by atoms with van der Waals surface area (Å²) in [4.78, 5) is 15.8. The zero-order valence-corrected chi connectivity index (χ0v) is 10.3. The standard InChI is InChI=1S/C15H16N2O/c1-15(14(16)18,13-7-9-17-10-8-13)11-12-5-3-2-4-6-12/h2-10H,11H2,1H3,(H2,16,18). The van der Waals surface area contributed by atoms with Gasteiger partial charge in [0.1, 0.15) is 0 Å². The van der Waals surface area contributed by atoms with E-state index in [0.29, 0.717) is 6.42 Å². The van der Waals surface area contributed by atoms with Crippen LogP contribution in [0.5, 0.6) is 0 Å². The van der Waals surface area contributed by atoms with Crippen molar-refractivity contribution in [2.24, 2.45) is 5.73 Å². The van der Waals surface area contributed by atoms with Crippen molar-refractivity contribution in [3.05, 3.63) is 66.0 Å². The average Bonchev–Trinajstić information content (AvgIpc) is 2.40. The van der Waals surface area contributed by atoms with E-state index in [1.54, 1.807) is 12.4 Å². The van der Waals surface area contributed by atoms with Crippen LogP contribution in [-0.4, -0.2) is 10.9 Å². The van der Waals surface area contributed by atoms with Crippen LogP contribution in [0.2, 0.25) is 0 Å². The van der Waals surface area contributed by atoms with Gasteiger partial charge in [-0.1, -0.05) is 30.3 Å². The van der Waals surface area contributed by atoms with Gasteiger partial charge in [-0.05, 0) is 36.6 Å². The molecule has 3 nitrogen and oxygen atoms in total. The van der Waals surface area contributed by atoms with Crippen molar-refractivity contribution in [1.82, 2.24) is 4.98 Å². The van der Waals surface area contributed by atoms with Gasteiger partial charge in [-0.15, -0.1) is 0 Å². The lowest BCUT2D eigenvalue weighted by Gasteiger charge is -2.26. The van der Waals surface area contributed by atoms with E-state index in [2.05, 4.69) is 4.98 Å². The first-order chi connectivity index (χ1) is 8.63. The molecule has 0 fully saturated rings. The number of carbonyl (C=O) groups is 1. The normalized spacial score (nSPS) is 13.8. The van der Waals surface area contributed by atoms with Gasteiger partial charge < -0.3 is 5.73 Å². The highest BCUT2D eigenvalue weighted by molar-refractivity contribution is 5.86. The molecule has 1 aromatic heterocycles. The number of aromatic nitrogens is 1. The molecule has 2 aromatic rings. The second-order valence-electron chi connectivity index (χ2n) is 4.59. The van der Waals surface area contributed by atoms with Crippen molar-refractivity contribution >= 4 is 5.91 Å². The summed E-state index contributed by atoms with van der Waals surface area (Å²) < 4.78 is 0. The number of hydrogen-bond donors (Lipinski definition) is 1. The van der Waals surface area contributed by atoms with Crippen LogP contribution in [0.25, 0.3) is 0 Å². The SMILES string of the molecule is CC(Cc1ccccc1)(C(N)=O)c1ccncc1. The maximum atomic E-state index is 11.8. The van der Waals surface area contributed by atoms with Gasteiger partial charge in [-0.25, -0.2) is 0 Å². The minimum absolute atomic E-state index is 0.322. The molecule has 1 aromatic carbocycles. The van der Waals surface area contributed by atoms with E-state index in [0.717, 1.165) is 11.1 Å². The lowest BCUT2D eigenvalue weighted by molar-refractivity contribution is -0.123. The summed E-state index contributed by atoms with van der Waals surface area (Å²) in [6.07, 6.45) is 3.95. The van der Waals surface area contributed by atoms with E-state index < -0.39 is 5.41 Å². The first kappa shape index (κ1) is 12.3. The Morgan fingerprint density at radius 3 is 2.33 bits per heavy atom. The fourth-order valence-corrected chi connectivity index (χ4v) is 2.06. The van der Waals surface area contributed by atoms with Crippen molar-refractivity contribution in [1.29, 1.82) is 0 Å². The van der Waals surface area contributed by atoms with Gasteiger partial charge in [-0.3, -0.25) is 9.78 Å². The molecule has 0 aliphatic carbocycles. The van der Waals surface area contributed by atoms with Crippen LogP contribution in [0.3, 0.4) is 0 Å². The van der Waals surface area contributed by atoms with Crippen molar-refractivity contribution < 1.29 is 4.79 Å². The molecule has 2 rings (SSSR count). The predicted octanol–water partition coefficient (Wildman–Crippen LogP) is 2.07. The zero-order valence-electron chi connectivity index (χ0n) is 10.3. The van der Waals surface area contributed by atoms with E-state index in [1.165, 1.54) is 0 Å². The molecule has 1 unspecified atom stereocenters. The molecule has 0 radical (unpaired) electrons. The molecule has 1 heterocycles. The summed E-state index contributed by atoms with van der Waals surface area (Å²) in [5.74, 6) is -0.322. The number of amides is 1. The fourth-order valence-electron chi connectivity index (χ4n) is 2.06. The van der Waals surface area contributed by atoms with Crippen LogP contribution < -0.4 is 5.73 Å². The lowest BCUT2D eigenvalue weighted by atomic mass is 9.77. The number of rotatable bonds is 4. The Morgan fingerprint density at radius 1 is 1.17 bits per heavy atom. The number of nitrogens with two attached hydrogens (primary N) is 1. The quantitative estimate of drug-likeness (QED) is 0.889. The summed E-state index contributed by atoms with van der Waals surface area (Å²) in [5.41, 5.74) is 6.88. The highest BCUT2D eigenvalue weighted by Gasteiger charge is 2.33. The minimum Gasteiger partial charge on any atom is -0.369 e. The van der Waals surface area contributed by atoms with E-state index in [4.69, 9.17) is 5.73 Å². The summed E-state index contributed by atoms with van der Waals surface area (Å²) >= 11 is 0. The van der Waals surface area contributed by atoms with E-state index in [-0.39, 0.29) is 5.91 Å². The van der Waals surface area contributed by atoms with Crippen LogP contribution in [0.1, 0.15) is 18.1 Å². The number of benzene rings is 1. The molecule has 92 valence electrons. The molecule has 0 saturated carbocycles. The van der Waals surface area contributed by atoms with Gasteiger partial charge in [0.2, 0.25) is 5.91 Å². The second-order valence-corrected chi connectivity index (χ2v) is 4.59. The summed E-state index contributed by atoms with van der Waals surface area (Å²) in [5, 5.41) is 0. The van der Waals surface area contributed by atoms with E-state index in [1.807, 2.05) is 49.4 Å². The fraction of sp³-hybridized carbons (Fsp3) is 0.200. The van der Waals surface area contributed by atoms with E-state index in [9.17, 15) is 4.79 Å². The number of nitrogens with zero attached hydrogens (tertiary/aromatic N) is 1. The highest BCUT2D eigenvalue weighted by Crippen LogP contribution is 2.27. The molecule has 18 heavy (non-hydrogen) atoms. The molecular formula is C15H16N2O. The van der Waals surface area contributed by atoms with Gasteiger partial charge >= 0.3 is 0 Å². The van der Waals surface area contributed by atoms with Crippen molar-refractivity contribution in [2.45, 2.75) is 18.8 Å². The van der Waals surface area contributed by atoms with Gasteiger partial charge in [0, 0.05) is 12.4 Å². The maximum Gasteiger partial charge on any atom is 0.228 e. The molecular weight excluding hydrogens is 224 g/mol.